The van der Waals surface area contributed by atoms with E-state index in [0.29, 0.717) is 6.54 Å². The van der Waals surface area contributed by atoms with E-state index in [1.54, 1.807) is 18.6 Å². The van der Waals surface area contributed by atoms with E-state index in [2.05, 4.69) is 24.9 Å². The number of hydrogen-bond donors (Lipinski definition) is 2. The third-order valence-corrected chi connectivity index (χ3v) is 2.65. The molecule has 1 radical (unpaired) electrons. The normalized spacial score (nSPS) is 9.90. The summed E-state index contributed by atoms with van der Waals surface area (Å²) in [6.45, 7) is 0.695. The molecule has 0 saturated heterocycles. The van der Waals surface area contributed by atoms with Gasteiger partial charge >= 0.3 is 17.1 Å². The summed E-state index contributed by atoms with van der Waals surface area (Å²) in [7, 11) is 0. The number of halogens is 2. The van der Waals surface area contributed by atoms with Crippen LogP contribution in [0.2, 0.25) is 0 Å². The van der Waals surface area contributed by atoms with Gasteiger partial charge in [-0.15, -0.1) is 0 Å². The van der Waals surface area contributed by atoms with Crippen molar-refractivity contribution in [2.24, 2.45) is 4.99 Å². The number of H-pyrrole nitrogens is 2. The van der Waals surface area contributed by atoms with Crippen LogP contribution in [-0.4, -0.2) is 32.7 Å². The molecular weight excluding hydrogens is 361 g/mol. The van der Waals surface area contributed by atoms with Crippen molar-refractivity contribution >= 4 is 17.2 Å². The summed E-state index contributed by atoms with van der Waals surface area (Å²) in [6, 6.07) is 8.01. The minimum Gasteiger partial charge on any atom is -1.00 e. The number of aliphatic imine (C=N–C) groups is 1. The third kappa shape index (κ3) is 5.17. The molecule has 0 spiro atoms. The average molecular weight is 374 g/mol. The van der Waals surface area contributed by atoms with Gasteiger partial charge in [0.05, 0.1) is 17.2 Å². The van der Waals surface area contributed by atoms with Crippen molar-refractivity contribution in [1.29, 1.82) is 0 Å². The molecular formula is C13H13Cl2CuN5. The molecule has 2 heterocycles. The molecule has 2 aromatic heterocycles. The van der Waals surface area contributed by atoms with E-state index >= 15 is 0 Å². The number of hydrogen-bond acceptors (Lipinski definition) is 3. The molecule has 0 fully saturated rings. The molecule has 21 heavy (non-hydrogen) atoms. The summed E-state index contributed by atoms with van der Waals surface area (Å²) in [6.07, 6.45) is 6.02. The van der Waals surface area contributed by atoms with Crippen LogP contribution >= 0.6 is 0 Å². The van der Waals surface area contributed by atoms with Gasteiger partial charge in [0.1, 0.15) is 11.6 Å². The third-order valence-electron chi connectivity index (χ3n) is 2.65. The van der Waals surface area contributed by atoms with E-state index in [1.165, 1.54) is 0 Å². The molecule has 0 saturated carbocycles. The quantitative estimate of drug-likeness (QED) is 0.361. The average Bonchev–Trinajstić information content (AvgIpc) is 3.03. The second kappa shape index (κ2) is 9.58. The fourth-order valence-corrected chi connectivity index (χ4v) is 1.79. The number of aromatic amines is 2. The van der Waals surface area contributed by atoms with Crippen LogP contribution in [0.5, 0.6) is 0 Å². The Morgan fingerprint density at radius 1 is 1.19 bits per heavy atom. The predicted octanol–water partition coefficient (Wildman–Crippen LogP) is -4.05. The Bertz CT molecular complexity index is 633. The number of para-hydroxylation sites is 2. The van der Waals surface area contributed by atoms with Crippen LogP contribution in [0.15, 0.2) is 41.7 Å². The minimum absolute atomic E-state index is 0. The maximum Gasteiger partial charge on any atom is 2.00 e. The van der Waals surface area contributed by atoms with Crippen molar-refractivity contribution < 1.29 is 41.9 Å². The second-order valence-electron chi connectivity index (χ2n) is 3.96. The van der Waals surface area contributed by atoms with Crippen LogP contribution in [-0.2, 0) is 23.5 Å². The van der Waals surface area contributed by atoms with Crippen molar-refractivity contribution in [2.75, 3.05) is 6.54 Å². The Morgan fingerprint density at radius 2 is 2.00 bits per heavy atom. The molecule has 1 aromatic carbocycles. The first-order valence-electron chi connectivity index (χ1n) is 5.85. The van der Waals surface area contributed by atoms with Crippen molar-refractivity contribution in [3.05, 3.63) is 48.3 Å². The van der Waals surface area contributed by atoms with Crippen LogP contribution < -0.4 is 24.8 Å². The summed E-state index contributed by atoms with van der Waals surface area (Å²) in [5.41, 5.74) is 2.07. The first-order chi connectivity index (χ1) is 8.92. The molecule has 3 rings (SSSR count). The van der Waals surface area contributed by atoms with Gasteiger partial charge in [-0.25, -0.2) is 9.97 Å². The van der Waals surface area contributed by atoms with Crippen molar-refractivity contribution in [1.82, 2.24) is 19.9 Å². The summed E-state index contributed by atoms with van der Waals surface area (Å²) < 4.78 is 0. The number of aromatic nitrogens is 4. The molecule has 0 aliphatic carbocycles. The molecule has 0 atom stereocenters. The van der Waals surface area contributed by atoms with E-state index < -0.39 is 0 Å². The van der Waals surface area contributed by atoms with E-state index in [0.717, 1.165) is 29.1 Å². The van der Waals surface area contributed by atoms with Crippen molar-refractivity contribution in [3.8, 4) is 0 Å². The van der Waals surface area contributed by atoms with Crippen LogP contribution in [0.25, 0.3) is 11.0 Å². The first-order valence-corrected chi connectivity index (χ1v) is 5.85. The molecule has 0 bridgehead atoms. The molecule has 0 aliphatic heterocycles. The first kappa shape index (κ1) is 19.7. The molecule has 0 unspecified atom stereocenters. The largest absolute Gasteiger partial charge is 2.00 e. The SMILES string of the molecule is C(=NCCc1nc2ccccc2[nH]1)c1ncc[nH]1.[Cl-].[Cl-].[Cu+2]. The van der Waals surface area contributed by atoms with E-state index in [-0.39, 0.29) is 41.9 Å². The van der Waals surface area contributed by atoms with Gasteiger partial charge in [-0.05, 0) is 12.1 Å². The topological polar surface area (TPSA) is 69.7 Å². The van der Waals surface area contributed by atoms with Gasteiger partial charge in [0.15, 0.2) is 0 Å². The summed E-state index contributed by atoms with van der Waals surface area (Å²) in [4.78, 5) is 19.1. The van der Waals surface area contributed by atoms with Gasteiger partial charge < -0.3 is 34.8 Å². The van der Waals surface area contributed by atoms with Gasteiger partial charge in [0.2, 0.25) is 0 Å². The number of nitrogens with zero attached hydrogens (tertiary/aromatic N) is 3. The van der Waals surface area contributed by atoms with Crippen LogP contribution in [0, 0.1) is 0 Å². The summed E-state index contributed by atoms with van der Waals surface area (Å²) in [5, 5.41) is 0. The van der Waals surface area contributed by atoms with Gasteiger partial charge in [0, 0.05) is 25.4 Å². The fourth-order valence-electron chi connectivity index (χ4n) is 1.79. The van der Waals surface area contributed by atoms with Gasteiger partial charge in [-0.2, -0.15) is 0 Å². The maximum absolute atomic E-state index is 4.49. The molecule has 2 N–H and O–H groups in total. The minimum atomic E-state index is 0. The fraction of sp³-hybridized carbons (Fsp3) is 0.154. The smallest absolute Gasteiger partial charge is 1.00 e. The van der Waals surface area contributed by atoms with E-state index in [4.69, 9.17) is 0 Å². The monoisotopic (exact) mass is 372 g/mol. The van der Waals surface area contributed by atoms with Gasteiger partial charge in [-0.1, -0.05) is 12.1 Å². The molecule has 0 aliphatic rings. The molecule has 5 nitrogen and oxygen atoms in total. The van der Waals surface area contributed by atoms with Crippen molar-refractivity contribution in [3.63, 3.8) is 0 Å². The molecule has 3 aromatic rings. The number of rotatable bonds is 4. The van der Waals surface area contributed by atoms with Crippen LogP contribution in [0.4, 0.5) is 0 Å². The van der Waals surface area contributed by atoms with Crippen LogP contribution in [0.3, 0.4) is 0 Å². The second-order valence-corrected chi connectivity index (χ2v) is 3.96. The zero-order valence-electron chi connectivity index (χ0n) is 10.9. The predicted molar refractivity (Wildman–Crippen MR) is 70.8 cm³/mol. The van der Waals surface area contributed by atoms with E-state index in [1.807, 2.05) is 24.3 Å². The Labute approximate surface area is 145 Å². The van der Waals surface area contributed by atoms with E-state index in [9.17, 15) is 0 Å². The van der Waals surface area contributed by atoms with Crippen molar-refractivity contribution in [2.45, 2.75) is 6.42 Å². The van der Waals surface area contributed by atoms with Gasteiger partial charge in [0.25, 0.3) is 0 Å². The van der Waals surface area contributed by atoms with Gasteiger partial charge in [-0.3, -0.25) is 4.99 Å². The standard InChI is InChI=1S/C13H13N5.2ClH.Cu/c1-2-4-11-10(3-1)17-12(18-11)5-6-14-9-13-15-7-8-16-13;;;/h1-4,7-9H,5-6H2,(H,15,16)(H,17,18);2*1H;/q;;;+2/p-2. The number of fused-ring (bicyclic) bond motifs is 1. The number of nitrogens with one attached hydrogen (secondary N) is 2. The zero-order chi connectivity index (χ0) is 12.2. The number of imidazole rings is 2. The maximum atomic E-state index is 4.49. The zero-order valence-corrected chi connectivity index (χ0v) is 13.3. The summed E-state index contributed by atoms with van der Waals surface area (Å²) >= 11 is 0. The number of benzene rings is 1. The Morgan fingerprint density at radius 3 is 2.71 bits per heavy atom. The Balaban J connectivity index is 0.00000133. The molecule has 8 heteroatoms. The Kier molecular flexibility index (Phi) is 8.97. The molecule has 0 amide bonds. The molecule has 115 valence electrons. The van der Waals surface area contributed by atoms with Crippen LogP contribution in [0.1, 0.15) is 11.6 Å². The Hall–Kier alpha value is -1.33. The summed E-state index contributed by atoms with van der Waals surface area (Å²) in [5.74, 6) is 1.74.